The lowest BCUT2D eigenvalue weighted by Gasteiger charge is -2.08. The number of nitrogens with zero attached hydrogens (tertiary/aromatic N) is 3. The zero-order valence-electron chi connectivity index (χ0n) is 11.4. The number of benzene rings is 1. The smallest absolute Gasteiger partial charge is 0.179 e. The molecular formula is C16H14ClN3. The maximum absolute atomic E-state index is 6.22. The average molecular weight is 284 g/mol. The molecule has 0 radical (unpaired) electrons. The molecule has 0 amide bonds. The molecular weight excluding hydrogens is 270 g/mol. The number of halogens is 1. The van der Waals surface area contributed by atoms with Crippen LogP contribution in [0.2, 0.25) is 5.15 Å². The Labute approximate surface area is 122 Å². The fraction of sp³-hybridized carbons (Fsp3) is 0.188. The number of aromatic nitrogens is 3. The maximum atomic E-state index is 6.22. The Bertz CT molecular complexity index is 761. The van der Waals surface area contributed by atoms with Crippen molar-refractivity contribution in [3.8, 4) is 11.5 Å². The lowest BCUT2D eigenvalue weighted by atomic mass is 10.1. The molecule has 100 valence electrons. The van der Waals surface area contributed by atoms with Crippen molar-refractivity contribution in [3.63, 3.8) is 0 Å². The van der Waals surface area contributed by atoms with Crippen LogP contribution in [-0.4, -0.2) is 15.0 Å². The van der Waals surface area contributed by atoms with Gasteiger partial charge in [0.15, 0.2) is 5.82 Å². The van der Waals surface area contributed by atoms with E-state index < -0.39 is 0 Å². The first-order valence-electron chi connectivity index (χ1n) is 6.58. The van der Waals surface area contributed by atoms with E-state index in [2.05, 4.69) is 15.0 Å². The molecule has 4 heteroatoms. The van der Waals surface area contributed by atoms with Crippen molar-refractivity contribution in [1.82, 2.24) is 15.0 Å². The van der Waals surface area contributed by atoms with Crippen molar-refractivity contribution >= 4 is 22.5 Å². The Morgan fingerprint density at radius 3 is 2.55 bits per heavy atom. The minimum Gasteiger partial charge on any atom is -0.244 e. The van der Waals surface area contributed by atoms with Crippen LogP contribution >= 0.6 is 11.6 Å². The molecule has 0 atom stereocenters. The van der Waals surface area contributed by atoms with E-state index in [0.717, 1.165) is 34.3 Å². The van der Waals surface area contributed by atoms with E-state index in [1.165, 1.54) is 0 Å². The summed E-state index contributed by atoms with van der Waals surface area (Å²) in [7, 11) is 0. The highest BCUT2D eigenvalue weighted by Gasteiger charge is 2.11. The van der Waals surface area contributed by atoms with Gasteiger partial charge in [0, 0.05) is 16.6 Å². The molecule has 2 heterocycles. The monoisotopic (exact) mass is 283 g/mol. The van der Waals surface area contributed by atoms with Crippen LogP contribution in [-0.2, 0) is 6.42 Å². The number of para-hydroxylation sites is 1. The van der Waals surface area contributed by atoms with Gasteiger partial charge in [-0.1, -0.05) is 42.8 Å². The van der Waals surface area contributed by atoms with E-state index in [0.29, 0.717) is 11.0 Å². The van der Waals surface area contributed by atoms with Gasteiger partial charge in [-0.3, -0.25) is 0 Å². The van der Waals surface area contributed by atoms with Crippen LogP contribution in [0.15, 0.2) is 36.4 Å². The third-order valence-electron chi connectivity index (χ3n) is 3.34. The second-order valence-electron chi connectivity index (χ2n) is 4.64. The number of hydrogen-bond acceptors (Lipinski definition) is 3. The summed E-state index contributed by atoms with van der Waals surface area (Å²) in [6.07, 6.45) is 0.829. The number of fused-ring (bicyclic) bond motifs is 1. The molecule has 0 aliphatic carbocycles. The van der Waals surface area contributed by atoms with E-state index in [1.54, 1.807) is 0 Å². The molecule has 3 rings (SSSR count). The molecule has 0 unspecified atom stereocenters. The van der Waals surface area contributed by atoms with Crippen molar-refractivity contribution in [2.24, 2.45) is 0 Å². The van der Waals surface area contributed by atoms with Gasteiger partial charge in [0.1, 0.15) is 10.8 Å². The van der Waals surface area contributed by atoms with E-state index in [4.69, 9.17) is 11.6 Å². The lowest BCUT2D eigenvalue weighted by molar-refractivity contribution is 0.997. The summed E-state index contributed by atoms with van der Waals surface area (Å²) in [5.74, 6) is 0.579. The first kappa shape index (κ1) is 13.0. The average Bonchev–Trinajstić information content (AvgIpc) is 2.46. The molecule has 0 bridgehead atoms. The molecule has 0 spiro atoms. The summed E-state index contributed by atoms with van der Waals surface area (Å²) in [4.78, 5) is 13.5. The van der Waals surface area contributed by atoms with E-state index in [1.807, 2.05) is 50.2 Å². The Balaban J connectivity index is 2.15. The topological polar surface area (TPSA) is 38.7 Å². The fourth-order valence-electron chi connectivity index (χ4n) is 2.27. The van der Waals surface area contributed by atoms with Crippen molar-refractivity contribution in [2.45, 2.75) is 20.3 Å². The predicted octanol–water partition coefficient (Wildman–Crippen LogP) is 4.22. The van der Waals surface area contributed by atoms with Crippen LogP contribution < -0.4 is 0 Å². The number of aryl methyl sites for hydroxylation is 1. The van der Waals surface area contributed by atoms with Crippen molar-refractivity contribution in [3.05, 3.63) is 52.8 Å². The number of rotatable bonds is 2. The van der Waals surface area contributed by atoms with E-state index in [9.17, 15) is 0 Å². The Hall–Kier alpha value is -2.00. The zero-order valence-corrected chi connectivity index (χ0v) is 12.1. The zero-order chi connectivity index (χ0) is 14.1. The van der Waals surface area contributed by atoms with Gasteiger partial charge in [-0.05, 0) is 25.5 Å². The van der Waals surface area contributed by atoms with Crippen LogP contribution in [0.1, 0.15) is 18.2 Å². The van der Waals surface area contributed by atoms with Crippen LogP contribution in [0.4, 0.5) is 0 Å². The molecule has 3 nitrogen and oxygen atoms in total. The maximum Gasteiger partial charge on any atom is 0.179 e. The molecule has 20 heavy (non-hydrogen) atoms. The van der Waals surface area contributed by atoms with E-state index >= 15 is 0 Å². The molecule has 0 saturated carbocycles. The van der Waals surface area contributed by atoms with Gasteiger partial charge in [-0.25, -0.2) is 15.0 Å². The van der Waals surface area contributed by atoms with E-state index in [-0.39, 0.29) is 0 Å². The highest BCUT2D eigenvalue weighted by molar-refractivity contribution is 6.30. The second kappa shape index (κ2) is 5.17. The molecule has 1 aromatic carbocycles. The van der Waals surface area contributed by atoms with Gasteiger partial charge in [0.05, 0.1) is 5.52 Å². The third-order valence-corrected chi connectivity index (χ3v) is 3.66. The first-order valence-corrected chi connectivity index (χ1v) is 6.96. The number of pyridine rings is 1. The largest absolute Gasteiger partial charge is 0.244 e. The van der Waals surface area contributed by atoms with Crippen molar-refractivity contribution in [1.29, 1.82) is 0 Å². The molecule has 2 aromatic heterocycles. The predicted molar refractivity (Wildman–Crippen MR) is 81.9 cm³/mol. The summed E-state index contributed by atoms with van der Waals surface area (Å²) in [6, 6.07) is 11.9. The van der Waals surface area contributed by atoms with Gasteiger partial charge in [-0.15, -0.1) is 0 Å². The summed E-state index contributed by atoms with van der Waals surface area (Å²) in [5, 5.41) is 1.62. The SMILES string of the molecule is CCc1c(C)nc(-c2ccc3ccccc3n2)nc1Cl. The minimum absolute atomic E-state index is 0.518. The molecule has 0 aliphatic rings. The lowest BCUT2D eigenvalue weighted by Crippen LogP contribution is -2.00. The normalized spacial score (nSPS) is 10.9. The second-order valence-corrected chi connectivity index (χ2v) is 5.00. The number of hydrogen-bond donors (Lipinski definition) is 0. The molecule has 0 N–H and O–H groups in total. The minimum atomic E-state index is 0.518. The van der Waals surface area contributed by atoms with Crippen LogP contribution in [0.3, 0.4) is 0 Å². The quantitative estimate of drug-likeness (QED) is 0.661. The standard InChI is InChI=1S/C16H14ClN3/c1-3-12-10(2)18-16(20-15(12)17)14-9-8-11-6-4-5-7-13(11)19-14/h4-9H,3H2,1-2H3. The third kappa shape index (κ3) is 2.25. The van der Waals surface area contributed by atoms with Crippen molar-refractivity contribution in [2.75, 3.05) is 0 Å². The Morgan fingerprint density at radius 2 is 1.80 bits per heavy atom. The van der Waals surface area contributed by atoms with Gasteiger partial charge in [0.2, 0.25) is 0 Å². The summed E-state index contributed by atoms with van der Waals surface area (Å²) >= 11 is 6.22. The van der Waals surface area contributed by atoms with Gasteiger partial charge in [0.25, 0.3) is 0 Å². The summed E-state index contributed by atoms with van der Waals surface area (Å²) in [6.45, 7) is 4.00. The van der Waals surface area contributed by atoms with Gasteiger partial charge in [-0.2, -0.15) is 0 Å². The molecule has 0 saturated heterocycles. The fourth-order valence-corrected chi connectivity index (χ4v) is 2.62. The highest BCUT2D eigenvalue weighted by atomic mass is 35.5. The Kier molecular flexibility index (Phi) is 3.36. The van der Waals surface area contributed by atoms with Crippen LogP contribution in [0.5, 0.6) is 0 Å². The summed E-state index contributed by atoms with van der Waals surface area (Å²) < 4.78 is 0. The highest BCUT2D eigenvalue weighted by Crippen LogP contribution is 2.23. The van der Waals surface area contributed by atoms with Crippen LogP contribution in [0, 0.1) is 6.92 Å². The van der Waals surface area contributed by atoms with Gasteiger partial charge >= 0.3 is 0 Å². The van der Waals surface area contributed by atoms with Crippen LogP contribution in [0.25, 0.3) is 22.4 Å². The molecule has 3 aromatic rings. The Morgan fingerprint density at radius 1 is 1.00 bits per heavy atom. The first-order chi connectivity index (χ1) is 9.69. The molecule has 0 aliphatic heterocycles. The van der Waals surface area contributed by atoms with Gasteiger partial charge < -0.3 is 0 Å². The summed E-state index contributed by atoms with van der Waals surface area (Å²) in [5.41, 5.74) is 3.59. The van der Waals surface area contributed by atoms with Crippen molar-refractivity contribution < 1.29 is 0 Å². The molecule has 0 fully saturated rings.